The number of nitriles is 1. The largest absolute Gasteiger partial charge is 0.766 e. The molecule has 10 aromatic rings. The van der Waals surface area contributed by atoms with Crippen molar-refractivity contribution in [3.8, 4) is 6.07 Å². The number of imidazole rings is 4. The number of amides is 2. The molecule has 48 nitrogen and oxygen atoms in total. The maximum absolute atomic E-state index is 15.4. The molecule has 0 aliphatic carbocycles. The van der Waals surface area contributed by atoms with Crippen LogP contribution in [-0.4, -0.2) is 228 Å². The van der Waals surface area contributed by atoms with E-state index in [0.717, 1.165) is 0 Å². The molecule has 14 N–H and O–H groups in total. The molecule has 20 atom stereocenters. The van der Waals surface area contributed by atoms with Gasteiger partial charge in [-0.15, -0.1) is 0 Å². The maximum atomic E-state index is 15.4. The molecule has 0 spiro atoms. The second-order valence-electron chi connectivity index (χ2n) is 33.8. The average Bonchev–Trinajstić information content (AvgIpc) is 1.61. The van der Waals surface area contributed by atoms with E-state index in [1.165, 1.54) is 64.7 Å². The van der Waals surface area contributed by atoms with Gasteiger partial charge in [-0.1, -0.05) is 91.8 Å². The van der Waals surface area contributed by atoms with Crippen LogP contribution < -0.4 is 63.7 Å². The second-order valence-corrected chi connectivity index (χ2v) is 49.9. The zero-order chi connectivity index (χ0) is 93.8. The van der Waals surface area contributed by atoms with Crippen LogP contribution in [0.15, 0.2) is 111 Å². The van der Waals surface area contributed by atoms with Crippen LogP contribution in [0.5, 0.6) is 0 Å². The van der Waals surface area contributed by atoms with Crippen LogP contribution in [0.2, 0.25) is 36.3 Å². The lowest BCUT2D eigenvalue weighted by Gasteiger charge is -2.42. The Morgan fingerprint density at radius 2 is 0.838 bits per heavy atom. The molecule has 0 saturated carbocycles. The zero-order valence-corrected chi connectivity index (χ0v) is 79.2. The van der Waals surface area contributed by atoms with Crippen molar-refractivity contribution in [2.75, 3.05) is 82.4 Å². The number of nitrogens with one attached hydrogen (secondary N) is 6. The van der Waals surface area contributed by atoms with Crippen LogP contribution in [-0.2, 0) is 73.2 Å². The van der Waals surface area contributed by atoms with Crippen molar-refractivity contribution in [3.63, 3.8) is 0 Å². The minimum absolute atomic E-state index is 0.128. The van der Waals surface area contributed by atoms with Crippen molar-refractivity contribution in [2.45, 2.75) is 184 Å². The van der Waals surface area contributed by atoms with Crippen LogP contribution in [0.1, 0.15) is 107 Å². The van der Waals surface area contributed by atoms with Gasteiger partial charge in [0.15, 0.2) is 86.0 Å². The normalized spacial score (nSPS) is 29.7. The first-order chi connectivity index (χ1) is 61.8. The summed E-state index contributed by atoms with van der Waals surface area (Å²) in [6, 6.07) is 15.0. The quantitative estimate of drug-likeness (QED) is 0.0184. The highest BCUT2D eigenvalue weighted by Gasteiger charge is 2.58. The van der Waals surface area contributed by atoms with Gasteiger partial charge in [-0.05, 0) is 74.6 Å². The third-order valence-corrected chi connectivity index (χ3v) is 38.0. The second kappa shape index (κ2) is 40.3. The van der Waals surface area contributed by atoms with E-state index in [0.29, 0.717) is 39.1 Å². The maximum Gasteiger partial charge on any atom is 0.406 e. The number of benzene rings is 2. The molecule has 6 aliphatic rings. The van der Waals surface area contributed by atoms with Crippen LogP contribution in [0.3, 0.4) is 0 Å². The van der Waals surface area contributed by atoms with E-state index in [4.69, 9.17) is 73.0 Å². The SMILES string of the molecule is CN.CN.C[C@@H]1[C@@H]2NP(=O)([O-])OC[C@H]3O[C@@H](n4cnc5c(N)ncnc54)[C@H](O[Si](C)(C)C(C)(C)C)[C@@H]3NP(=O)([O-])OC[C@H]2O[C@H]1n1cnc2c(N)ncnc21.[C-]#[N+]CCOP1(=O)N[C@H]2[C@@H](C)[C@H](n3cnc4c(NC(=O)c5ccccc5)ncnc43)O[C@@H]2COP(=O)(OCCC#N)N[C@H]2[C@@H](O[Si](C)(C)C(C)(C)C)[C@H](n3cnc4c(NC(=O)c5ccccc5)ncnc43)O[C@@H]2CO1. The number of fused-ring (bicyclic) bond motifs is 8. The van der Waals surface area contributed by atoms with Gasteiger partial charge in [-0.2, -0.15) is 5.26 Å². The van der Waals surface area contributed by atoms with E-state index in [1.54, 1.807) is 85.9 Å². The fourth-order valence-corrected chi connectivity index (χ4v) is 23.1. The summed E-state index contributed by atoms with van der Waals surface area (Å²) in [6.07, 6.45) is 0.297. The Kier molecular flexibility index (Phi) is 30.4. The topological polar surface area (TPSA) is 638 Å². The van der Waals surface area contributed by atoms with Crippen LogP contribution in [0.25, 0.3) is 49.5 Å². The molecule has 2 amide bonds. The Morgan fingerprint density at radius 3 is 1.24 bits per heavy atom. The molecule has 700 valence electrons. The predicted molar refractivity (Wildman–Crippen MR) is 473 cm³/mol. The standard InChI is InChI=1S/C47H56N14O11P2Si.C27H42N12O9P2Si.2CH5N/c1-29-34-32(70-45(29)60-27-54-36-39(50-25-52-41(36)60)56-43(62)30-15-10-8-11-16-30)23-68-74(65,66-21-14-19-48)59-35-33(24-69-73(64,58-34)67-22-20-49-5)71-46(38(35)72-75(6,7)47(2,3)4)61-28-55-37-40(51-26-53-42(37)61)57-44(63)31-17-12-9-13-18-31;1-13-16-14(46-25(13)38-11-34-18-21(28)30-9-32-23(18)38)7-44-50(42,43)37-17-15(8-45-49(40,41)36-16)47-26(20(17)48-51(5,6)27(2,3)4)39-12-35-19-22(29)31-10-33-24(19)39;2*1-2/h8-13,15-18,25-29,32-35,38,45-46H,14,20-24H2,1-4,6-7H3,(H,58,64)(H,59,65)(H,50,52,56,62)(H,51,53,57,63);9-17,20,25-26H,7-8H2,1-6H3,(H2,28,30,32)(H2,29,31,33)(H2,36,40,41)(H2,37,42,43);2*2H2,1H3/p-2/t29-,32-,33-,34+,35-,38-,45-,46-,73?,74?;13-,14-,15-,16+,17-,20-,25-,26-;;/m11../s1. The Bertz CT molecular complexity index is 5970. The first-order valence-electron chi connectivity index (χ1n) is 41.3. The van der Waals surface area contributed by atoms with Crippen molar-refractivity contribution in [3.05, 3.63) is 134 Å². The van der Waals surface area contributed by atoms with Gasteiger partial charge < -0.3 is 85.0 Å². The van der Waals surface area contributed by atoms with E-state index in [9.17, 15) is 33.8 Å². The molecule has 8 aromatic heterocycles. The molecule has 6 fully saturated rings. The first kappa shape index (κ1) is 98.2. The van der Waals surface area contributed by atoms with Gasteiger partial charge in [0.25, 0.3) is 11.8 Å². The fourth-order valence-electron chi connectivity index (χ4n) is 15.0. The number of hydrogen-bond acceptors (Lipinski definition) is 37. The van der Waals surface area contributed by atoms with Gasteiger partial charge >= 0.3 is 15.5 Å². The monoisotopic (exact) mass is 1910 g/mol. The van der Waals surface area contributed by atoms with E-state index in [2.05, 4.69) is 128 Å². The smallest absolute Gasteiger partial charge is 0.406 e. The van der Waals surface area contributed by atoms with Crippen molar-refractivity contribution < 1.29 is 92.6 Å². The average molecular weight is 1910 g/mol. The summed E-state index contributed by atoms with van der Waals surface area (Å²) in [5, 5.41) is 25.9. The van der Waals surface area contributed by atoms with E-state index in [1.807, 2.05) is 60.0 Å². The lowest BCUT2D eigenvalue weighted by atomic mass is 10.00. The summed E-state index contributed by atoms with van der Waals surface area (Å²) < 4.78 is 140. The number of hydrogen-bond donors (Lipinski definition) is 10. The number of nitrogen functional groups attached to an aromatic ring is 2. The molecule has 6 saturated heterocycles. The van der Waals surface area contributed by atoms with Crippen LogP contribution in [0.4, 0.5) is 23.3 Å². The minimum Gasteiger partial charge on any atom is -0.766 e. The summed E-state index contributed by atoms with van der Waals surface area (Å²) in [4.78, 5) is 109. The molecule has 0 bridgehead atoms. The number of rotatable bonds is 18. The lowest BCUT2D eigenvalue weighted by molar-refractivity contribution is -0.209. The Morgan fingerprint density at radius 1 is 0.508 bits per heavy atom. The van der Waals surface area contributed by atoms with Gasteiger partial charge in [-0.3, -0.25) is 60.2 Å². The molecule has 0 radical (unpaired) electrons. The van der Waals surface area contributed by atoms with Gasteiger partial charge in [0.1, 0.15) is 92.0 Å². The van der Waals surface area contributed by atoms with E-state index >= 15 is 9.13 Å². The molecule has 6 aliphatic heterocycles. The van der Waals surface area contributed by atoms with Gasteiger partial charge in [0.2, 0.25) is 22.0 Å². The Labute approximate surface area is 749 Å². The number of nitrogens with zero attached hydrogens (tertiary/aromatic N) is 18. The summed E-state index contributed by atoms with van der Waals surface area (Å²) in [7, 11) is -21.2. The van der Waals surface area contributed by atoms with Crippen molar-refractivity contribution in [1.82, 2.24) is 98.4 Å². The molecule has 4 unspecified atom stereocenters. The molecule has 2 aromatic carbocycles. The lowest BCUT2D eigenvalue weighted by Crippen LogP contribution is -2.53. The summed E-state index contributed by atoms with van der Waals surface area (Å²) >= 11 is 0. The van der Waals surface area contributed by atoms with Gasteiger partial charge in [-0.25, -0.2) is 90.8 Å². The summed E-state index contributed by atoms with van der Waals surface area (Å²) in [5.74, 6) is -1.49. The highest BCUT2D eigenvalue weighted by molar-refractivity contribution is 7.52. The third kappa shape index (κ3) is 21.2. The number of carbonyl (C=O) groups is 2. The molecular formula is C76H106N28O20P4Si2-2. The number of ether oxygens (including phenoxy) is 4. The highest BCUT2D eigenvalue weighted by atomic mass is 31.2. The zero-order valence-electron chi connectivity index (χ0n) is 73.6. The third-order valence-electron chi connectivity index (χ3n) is 23.6. The first-order valence-corrected chi connectivity index (χ1v) is 53.3. The summed E-state index contributed by atoms with van der Waals surface area (Å²) in [5.41, 5.74) is 24.1. The number of anilines is 4. The summed E-state index contributed by atoms with van der Waals surface area (Å²) in [6.45, 7) is 28.5. The Hall–Kier alpha value is -9.29. The number of aromatic nitrogens is 16. The fraction of sp³-hybridized carbons (Fsp3) is 0.526. The molecule has 16 rings (SSSR count). The van der Waals surface area contributed by atoms with E-state index in [-0.39, 0.29) is 76.2 Å². The van der Waals surface area contributed by atoms with Crippen molar-refractivity contribution in [1.29, 1.82) is 5.26 Å². The predicted octanol–water partition coefficient (Wildman–Crippen LogP) is 6.74. The van der Waals surface area contributed by atoms with E-state index < -0.39 is 183 Å². The molecular weight excluding hydrogens is 1810 g/mol. The number of nitrogens with two attached hydrogens (primary N) is 4. The minimum atomic E-state index is -4.92. The molecule has 130 heavy (non-hydrogen) atoms. The van der Waals surface area contributed by atoms with Crippen LogP contribution >= 0.6 is 31.0 Å². The highest BCUT2D eigenvalue weighted by Crippen LogP contribution is 2.56. The number of carbonyl (C=O) groups excluding carboxylic acids is 2. The molecule has 54 heteroatoms. The van der Waals surface area contributed by atoms with Gasteiger partial charge in [0, 0.05) is 29.0 Å². The van der Waals surface area contributed by atoms with Crippen molar-refractivity contribution >= 4 is 127 Å². The van der Waals surface area contributed by atoms with Gasteiger partial charge in [0.05, 0.1) is 89.0 Å². The molecule has 14 heterocycles. The van der Waals surface area contributed by atoms with Crippen LogP contribution in [0, 0.1) is 29.7 Å². The van der Waals surface area contributed by atoms with Crippen molar-refractivity contribution in [2.24, 2.45) is 23.3 Å². The Balaban J connectivity index is 0.000000228.